The topological polar surface area (TPSA) is 42.2 Å². The van der Waals surface area contributed by atoms with Gasteiger partial charge in [0.2, 0.25) is 0 Å². The van der Waals surface area contributed by atoms with Gasteiger partial charge in [0.25, 0.3) is 0 Å². The molecule has 0 heterocycles. The summed E-state index contributed by atoms with van der Waals surface area (Å²) in [4.78, 5) is 0. The minimum Gasteiger partial charge on any atom is -0.490 e. The number of nitrogens with zero attached hydrogens (tertiary/aromatic N) is 1. The Labute approximate surface area is 203 Å². The minimum atomic E-state index is 0.439. The first-order valence-electron chi connectivity index (χ1n) is 10.8. The zero-order valence-electron chi connectivity index (χ0n) is 18.6. The van der Waals surface area contributed by atoms with Crippen molar-refractivity contribution in [1.82, 2.24) is 0 Å². The van der Waals surface area contributed by atoms with E-state index in [2.05, 4.69) is 65.3 Å². The molecule has 0 bridgehead atoms. The van der Waals surface area contributed by atoms with Gasteiger partial charge in [-0.1, -0.05) is 66.2 Å². The number of aryl methyl sites for hydroxylation is 1. The monoisotopic (exact) mass is 497 g/mol. The Kier molecular flexibility index (Phi) is 7.12. The molecule has 0 saturated carbocycles. The Balaban J connectivity index is 1.65. The number of allylic oxidation sites excluding steroid dienone is 1. The van der Waals surface area contributed by atoms with Gasteiger partial charge in [-0.15, -0.1) is 0 Å². The molecular formula is C29H24BrNO2. The van der Waals surface area contributed by atoms with Crippen molar-refractivity contribution in [2.75, 3.05) is 6.61 Å². The van der Waals surface area contributed by atoms with Crippen molar-refractivity contribution >= 4 is 38.4 Å². The van der Waals surface area contributed by atoms with Crippen molar-refractivity contribution < 1.29 is 9.47 Å². The Morgan fingerprint density at radius 3 is 2.42 bits per heavy atom. The van der Waals surface area contributed by atoms with Gasteiger partial charge < -0.3 is 9.47 Å². The van der Waals surface area contributed by atoms with E-state index in [0.29, 0.717) is 30.3 Å². The molecule has 4 aromatic carbocycles. The molecule has 0 amide bonds. The number of rotatable bonds is 7. The third-order valence-electron chi connectivity index (χ3n) is 5.33. The molecule has 0 aromatic heterocycles. The molecule has 0 fully saturated rings. The van der Waals surface area contributed by atoms with E-state index in [0.717, 1.165) is 31.9 Å². The number of ether oxygens (including phenoxy) is 2. The van der Waals surface area contributed by atoms with Crippen LogP contribution in [-0.4, -0.2) is 6.61 Å². The van der Waals surface area contributed by atoms with Gasteiger partial charge in [0.05, 0.1) is 22.7 Å². The molecule has 0 N–H and O–H groups in total. The van der Waals surface area contributed by atoms with E-state index < -0.39 is 0 Å². The molecule has 4 rings (SSSR count). The highest BCUT2D eigenvalue weighted by molar-refractivity contribution is 9.10. The summed E-state index contributed by atoms with van der Waals surface area (Å²) >= 11 is 3.64. The molecule has 0 unspecified atom stereocenters. The summed E-state index contributed by atoms with van der Waals surface area (Å²) in [6.07, 6.45) is 1.88. The third kappa shape index (κ3) is 5.45. The number of hydrogen-bond donors (Lipinski definition) is 0. The summed E-state index contributed by atoms with van der Waals surface area (Å²) in [5, 5.41) is 12.1. The van der Waals surface area contributed by atoms with Crippen LogP contribution in [0.4, 0.5) is 0 Å². The second-order valence-electron chi connectivity index (χ2n) is 7.77. The van der Waals surface area contributed by atoms with Crippen LogP contribution >= 0.6 is 15.9 Å². The molecule has 0 aliphatic rings. The fourth-order valence-electron chi connectivity index (χ4n) is 3.62. The first kappa shape index (κ1) is 22.6. The standard InChI is InChI=1S/C29H24BrNO2/c1-3-32-28-16-22(15-27(30)29(28)33-19-21-10-8-20(2)9-11-21)14-26(18-31)25-13-12-23-6-4-5-7-24(23)17-25/h4-17H,3,19H2,1-2H3/b26-14-. The quantitative estimate of drug-likeness (QED) is 0.192. The molecule has 0 radical (unpaired) electrons. The lowest BCUT2D eigenvalue weighted by molar-refractivity contribution is 0.267. The maximum Gasteiger partial charge on any atom is 0.175 e. The van der Waals surface area contributed by atoms with Crippen LogP contribution in [0.1, 0.15) is 29.2 Å². The van der Waals surface area contributed by atoms with Gasteiger partial charge in [-0.25, -0.2) is 0 Å². The van der Waals surface area contributed by atoms with Crippen LogP contribution in [0.5, 0.6) is 11.5 Å². The van der Waals surface area contributed by atoms with Gasteiger partial charge in [-0.05, 0) is 81.5 Å². The summed E-state index contributed by atoms with van der Waals surface area (Å²) in [7, 11) is 0. The van der Waals surface area contributed by atoms with Gasteiger partial charge in [-0.2, -0.15) is 5.26 Å². The van der Waals surface area contributed by atoms with Crippen molar-refractivity contribution in [3.05, 3.63) is 106 Å². The molecule has 0 aliphatic heterocycles. The molecular weight excluding hydrogens is 474 g/mol. The summed E-state index contributed by atoms with van der Waals surface area (Å²) in [6, 6.07) is 28.7. The zero-order valence-corrected chi connectivity index (χ0v) is 20.2. The van der Waals surface area contributed by atoms with E-state index in [9.17, 15) is 5.26 Å². The Morgan fingerprint density at radius 1 is 0.939 bits per heavy atom. The van der Waals surface area contributed by atoms with Crippen molar-refractivity contribution in [2.45, 2.75) is 20.5 Å². The predicted molar refractivity (Wildman–Crippen MR) is 138 cm³/mol. The normalized spacial score (nSPS) is 11.3. The van der Waals surface area contributed by atoms with E-state index in [4.69, 9.17) is 9.47 Å². The van der Waals surface area contributed by atoms with Crippen LogP contribution in [0.25, 0.3) is 22.4 Å². The number of benzene rings is 4. The lowest BCUT2D eigenvalue weighted by Gasteiger charge is -2.15. The fourth-order valence-corrected chi connectivity index (χ4v) is 4.19. The number of halogens is 1. The minimum absolute atomic E-state index is 0.439. The summed E-state index contributed by atoms with van der Waals surface area (Å²) in [5.74, 6) is 1.29. The van der Waals surface area contributed by atoms with Gasteiger partial charge >= 0.3 is 0 Å². The van der Waals surface area contributed by atoms with Crippen molar-refractivity contribution in [3.63, 3.8) is 0 Å². The van der Waals surface area contributed by atoms with Gasteiger partial charge in [0.15, 0.2) is 11.5 Å². The molecule has 0 atom stereocenters. The van der Waals surface area contributed by atoms with Gasteiger partial charge in [0, 0.05) is 0 Å². The smallest absolute Gasteiger partial charge is 0.175 e. The van der Waals surface area contributed by atoms with E-state index in [-0.39, 0.29) is 0 Å². The third-order valence-corrected chi connectivity index (χ3v) is 5.92. The molecule has 3 nitrogen and oxygen atoms in total. The highest BCUT2D eigenvalue weighted by Crippen LogP contribution is 2.38. The second-order valence-corrected chi connectivity index (χ2v) is 8.62. The highest BCUT2D eigenvalue weighted by atomic mass is 79.9. The molecule has 0 saturated heterocycles. The largest absolute Gasteiger partial charge is 0.490 e. The lowest BCUT2D eigenvalue weighted by Crippen LogP contribution is -2.01. The van der Waals surface area contributed by atoms with E-state index >= 15 is 0 Å². The Hall–Kier alpha value is -3.55. The molecule has 4 heteroatoms. The second kappa shape index (κ2) is 10.4. The number of hydrogen-bond acceptors (Lipinski definition) is 3. The Morgan fingerprint density at radius 2 is 1.70 bits per heavy atom. The average Bonchev–Trinajstić information content (AvgIpc) is 2.83. The SMILES string of the molecule is CCOc1cc(/C=C(/C#N)c2ccc3ccccc3c2)cc(Br)c1OCc1ccc(C)cc1. The molecule has 164 valence electrons. The van der Waals surface area contributed by atoms with Crippen molar-refractivity contribution in [3.8, 4) is 17.6 Å². The average molecular weight is 498 g/mol. The maximum atomic E-state index is 9.85. The summed E-state index contributed by atoms with van der Waals surface area (Å²) < 4.78 is 12.8. The van der Waals surface area contributed by atoms with Crippen LogP contribution < -0.4 is 9.47 Å². The van der Waals surface area contributed by atoms with Crippen LogP contribution in [0.3, 0.4) is 0 Å². The van der Waals surface area contributed by atoms with Gasteiger partial charge in [-0.3, -0.25) is 0 Å². The van der Waals surface area contributed by atoms with E-state index in [1.165, 1.54) is 5.56 Å². The molecule has 4 aromatic rings. The van der Waals surface area contributed by atoms with Crippen LogP contribution in [0.2, 0.25) is 0 Å². The predicted octanol–water partition coefficient (Wildman–Crippen LogP) is 7.95. The van der Waals surface area contributed by atoms with Gasteiger partial charge in [0.1, 0.15) is 6.61 Å². The van der Waals surface area contributed by atoms with Crippen molar-refractivity contribution in [1.29, 1.82) is 5.26 Å². The first-order chi connectivity index (χ1) is 16.1. The summed E-state index contributed by atoms with van der Waals surface area (Å²) in [5.41, 5.74) is 4.62. The maximum absolute atomic E-state index is 9.85. The fraction of sp³-hybridized carbons (Fsp3) is 0.138. The first-order valence-corrected chi connectivity index (χ1v) is 11.6. The van der Waals surface area contributed by atoms with E-state index in [1.807, 2.05) is 55.5 Å². The summed E-state index contributed by atoms with van der Waals surface area (Å²) in [6.45, 7) is 4.95. The molecule has 0 aliphatic carbocycles. The Bertz CT molecular complexity index is 1350. The van der Waals surface area contributed by atoms with E-state index in [1.54, 1.807) is 0 Å². The van der Waals surface area contributed by atoms with Crippen molar-refractivity contribution in [2.24, 2.45) is 0 Å². The van der Waals surface area contributed by atoms with Crippen LogP contribution in [0.15, 0.2) is 83.3 Å². The molecule has 0 spiro atoms. The molecule has 33 heavy (non-hydrogen) atoms. The van der Waals surface area contributed by atoms with Crippen LogP contribution in [0, 0.1) is 18.3 Å². The van der Waals surface area contributed by atoms with Crippen LogP contribution in [-0.2, 0) is 6.61 Å². The zero-order chi connectivity index (χ0) is 23.2. The highest BCUT2D eigenvalue weighted by Gasteiger charge is 2.13. The lowest BCUT2D eigenvalue weighted by atomic mass is 10.00. The number of nitriles is 1. The number of fused-ring (bicyclic) bond motifs is 1.